The highest BCUT2D eigenvalue weighted by Gasteiger charge is 2.08. The molecule has 90 valence electrons. The number of hydrazine groups is 1. The van der Waals surface area contributed by atoms with Gasteiger partial charge in [0.2, 0.25) is 0 Å². The molecule has 0 aromatic carbocycles. The molecule has 16 heavy (non-hydrogen) atoms. The summed E-state index contributed by atoms with van der Waals surface area (Å²) in [6.45, 7) is 2.75. The minimum absolute atomic E-state index is 0.0969. The molecule has 0 aliphatic heterocycles. The molecule has 5 nitrogen and oxygen atoms in total. The molecule has 6 heteroatoms. The Morgan fingerprint density at radius 1 is 1.56 bits per heavy atom. The highest BCUT2D eigenvalue weighted by molar-refractivity contribution is 9.10. The van der Waals surface area contributed by atoms with Crippen molar-refractivity contribution in [2.45, 2.75) is 26.3 Å². The number of hydrogen-bond acceptors (Lipinski definition) is 4. The fourth-order valence-electron chi connectivity index (χ4n) is 1.25. The van der Waals surface area contributed by atoms with Crippen LogP contribution in [0.15, 0.2) is 15.5 Å². The van der Waals surface area contributed by atoms with Crippen molar-refractivity contribution >= 4 is 21.6 Å². The predicted octanol–water partition coefficient (Wildman–Crippen LogP) is 1.69. The van der Waals surface area contributed by atoms with E-state index in [4.69, 9.17) is 0 Å². The molecule has 0 aliphatic carbocycles. The van der Waals surface area contributed by atoms with E-state index in [1.807, 2.05) is 14.1 Å². The van der Waals surface area contributed by atoms with Gasteiger partial charge in [0, 0.05) is 20.6 Å². The fraction of sp³-hybridized carbons (Fsp3) is 0.600. The van der Waals surface area contributed by atoms with Crippen molar-refractivity contribution in [1.29, 1.82) is 0 Å². The van der Waals surface area contributed by atoms with Crippen molar-refractivity contribution in [3.63, 3.8) is 0 Å². The van der Waals surface area contributed by atoms with Gasteiger partial charge in [-0.25, -0.2) is 9.69 Å². The van der Waals surface area contributed by atoms with Gasteiger partial charge in [0.25, 0.3) is 5.56 Å². The smallest absolute Gasteiger partial charge is 0.283 e. The summed E-state index contributed by atoms with van der Waals surface area (Å²) >= 11 is 3.29. The molecular formula is C10H17BrN4O. The maximum absolute atomic E-state index is 11.9. The normalized spacial score (nSPS) is 10.8. The summed E-state index contributed by atoms with van der Waals surface area (Å²) in [5.74, 6) is 0. The first-order valence-electron chi connectivity index (χ1n) is 5.25. The van der Waals surface area contributed by atoms with Gasteiger partial charge < -0.3 is 5.43 Å². The minimum Gasteiger partial charge on any atom is -0.317 e. The fourth-order valence-corrected chi connectivity index (χ4v) is 1.65. The lowest BCUT2D eigenvalue weighted by atomic mass is 10.3. The van der Waals surface area contributed by atoms with E-state index in [1.165, 1.54) is 4.68 Å². The first-order valence-corrected chi connectivity index (χ1v) is 6.05. The third kappa shape index (κ3) is 3.31. The van der Waals surface area contributed by atoms with Crippen LogP contribution in [0.4, 0.5) is 5.69 Å². The average molecular weight is 289 g/mol. The molecule has 1 aromatic heterocycles. The van der Waals surface area contributed by atoms with Crippen LogP contribution in [-0.2, 0) is 6.54 Å². The zero-order valence-corrected chi connectivity index (χ0v) is 11.4. The van der Waals surface area contributed by atoms with Crippen LogP contribution >= 0.6 is 15.9 Å². The molecule has 1 aromatic rings. The van der Waals surface area contributed by atoms with Crippen molar-refractivity contribution in [3.05, 3.63) is 21.0 Å². The molecule has 0 atom stereocenters. The standard InChI is InChI=1S/C10H17BrN4O/c1-4-5-6-15-10(16)9(11)8(7-12-15)13-14(2)3/h7,13H,4-6H2,1-3H3. The quantitative estimate of drug-likeness (QED) is 0.838. The zero-order valence-electron chi connectivity index (χ0n) is 9.83. The molecule has 0 unspecified atom stereocenters. The van der Waals surface area contributed by atoms with Gasteiger partial charge in [0.05, 0.1) is 11.9 Å². The Hall–Kier alpha value is -0.880. The van der Waals surface area contributed by atoms with Crippen molar-refractivity contribution < 1.29 is 0 Å². The molecule has 1 N–H and O–H groups in total. The number of rotatable bonds is 5. The number of hydrogen-bond donors (Lipinski definition) is 1. The van der Waals surface area contributed by atoms with Crippen molar-refractivity contribution in [2.24, 2.45) is 0 Å². The average Bonchev–Trinajstić information content (AvgIpc) is 2.23. The van der Waals surface area contributed by atoms with Gasteiger partial charge in [0.15, 0.2) is 0 Å². The van der Waals surface area contributed by atoms with Crippen LogP contribution in [0, 0.1) is 0 Å². The lowest BCUT2D eigenvalue weighted by Gasteiger charge is -2.15. The number of unbranched alkanes of at least 4 members (excludes halogenated alkanes) is 1. The van der Waals surface area contributed by atoms with Crippen LogP contribution in [0.25, 0.3) is 0 Å². The molecule has 0 bridgehead atoms. The first kappa shape index (κ1) is 13.2. The van der Waals surface area contributed by atoms with E-state index in [-0.39, 0.29) is 5.56 Å². The largest absolute Gasteiger partial charge is 0.317 e. The van der Waals surface area contributed by atoms with E-state index in [1.54, 1.807) is 11.2 Å². The molecule has 0 fully saturated rings. The van der Waals surface area contributed by atoms with E-state index in [0.29, 0.717) is 16.7 Å². The summed E-state index contributed by atoms with van der Waals surface area (Å²) < 4.78 is 2.00. The molecule has 0 spiro atoms. The van der Waals surface area contributed by atoms with Crippen molar-refractivity contribution in [1.82, 2.24) is 14.8 Å². The molecule has 1 rings (SSSR count). The summed E-state index contributed by atoms with van der Waals surface area (Å²) in [7, 11) is 3.71. The molecule has 0 amide bonds. The molecule has 1 heterocycles. The number of halogens is 1. The third-order valence-corrected chi connectivity index (χ3v) is 2.82. The van der Waals surface area contributed by atoms with Gasteiger partial charge in [-0.1, -0.05) is 13.3 Å². The Balaban J connectivity index is 2.94. The Morgan fingerprint density at radius 3 is 2.81 bits per heavy atom. The van der Waals surface area contributed by atoms with E-state index in [0.717, 1.165) is 12.8 Å². The van der Waals surface area contributed by atoms with Gasteiger partial charge in [-0.15, -0.1) is 0 Å². The molecule has 0 saturated heterocycles. The Labute approximate surface area is 104 Å². The third-order valence-electron chi connectivity index (χ3n) is 2.05. The van der Waals surface area contributed by atoms with Gasteiger partial charge in [-0.3, -0.25) is 4.79 Å². The van der Waals surface area contributed by atoms with Crippen LogP contribution < -0.4 is 11.0 Å². The van der Waals surface area contributed by atoms with Crippen LogP contribution in [-0.4, -0.2) is 28.9 Å². The lowest BCUT2D eigenvalue weighted by Crippen LogP contribution is -2.27. The highest BCUT2D eigenvalue weighted by atomic mass is 79.9. The Bertz CT molecular complexity index is 402. The Kier molecular flexibility index (Phi) is 4.95. The number of nitrogens with one attached hydrogen (secondary N) is 1. The number of anilines is 1. The molecule has 0 radical (unpaired) electrons. The lowest BCUT2D eigenvalue weighted by molar-refractivity contribution is 0.490. The van der Waals surface area contributed by atoms with Crippen molar-refractivity contribution in [3.8, 4) is 0 Å². The van der Waals surface area contributed by atoms with Gasteiger partial charge >= 0.3 is 0 Å². The first-order chi connectivity index (χ1) is 7.56. The van der Waals surface area contributed by atoms with Gasteiger partial charge in [-0.2, -0.15) is 5.10 Å². The van der Waals surface area contributed by atoms with E-state index in [9.17, 15) is 4.79 Å². The highest BCUT2D eigenvalue weighted by Crippen LogP contribution is 2.16. The predicted molar refractivity (Wildman–Crippen MR) is 68.4 cm³/mol. The molecular weight excluding hydrogens is 272 g/mol. The van der Waals surface area contributed by atoms with Crippen LogP contribution in [0.2, 0.25) is 0 Å². The summed E-state index contributed by atoms with van der Waals surface area (Å²) in [6, 6.07) is 0. The van der Waals surface area contributed by atoms with Gasteiger partial charge in [0.1, 0.15) is 4.47 Å². The second-order valence-electron chi connectivity index (χ2n) is 3.76. The maximum atomic E-state index is 11.9. The van der Waals surface area contributed by atoms with E-state index < -0.39 is 0 Å². The van der Waals surface area contributed by atoms with Gasteiger partial charge in [-0.05, 0) is 22.4 Å². The minimum atomic E-state index is -0.0969. The zero-order chi connectivity index (χ0) is 12.1. The maximum Gasteiger partial charge on any atom is 0.283 e. The molecule has 0 aliphatic rings. The number of aromatic nitrogens is 2. The summed E-state index contributed by atoms with van der Waals surface area (Å²) in [6.07, 6.45) is 3.66. The summed E-state index contributed by atoms with van der Waals surface area (Å²) in [5, 5.41) is 5.88. The second-order valence-corrected chi connectivity index (χ2v) is 4.55. The topological polar surface area (TPSA) is 50.2 Å². The number of nitrogens with zero attached hydrogens (tertiary/aromatic N) is 3. The SMILES string of the molecule is CCCCn1ncc(NN(C)C)c(Br)c1=O. The van der Waals surface area contributed by atoms with Crippen LogP contribution in [0.5, 0.6) is 0 Å². The molecule has 0 saturated carbocycles. The Morgan fingerprint density at radius 2 is 2.25 bits per heavy atom. The number of aryl methyl sites for hydroxylation is 1. The summed E-state index contributed by atoms with van der Waals surface area (Å²) in [5.41, 5.74) is 3.59. The second kappa shape index (κ2) is 6.00. The van der Waals surface area contributed by atoms with E-state index in [2.05, 4.69) is 33.4 Å². The van der Waals surface area contributed by atoms with Crippen LogP contribution in [0.3, 0.4) is 0 Å². The van der Waals surface area contributed by atoms with E-state index >= 15 is 0 Å². The monoisotopic (exact) mass is 288 g/mol. The van der Waals surface area contributed by atoms with Crippen LogP contribution in [0.1, 0.15) is 19.8 Å². The summed E-state index contributed by atoms with van der Waals surface area (Å²) in [4.78, 5) is 11.9. The van der Waals surface area contributed by atoms with Crippen molar-refractivity contribution in [2.75, 3.05) is 19.5 Å².